The Morgan fingerprint density at radius 3 is 2.41 bits per heavy atom. The zero-order valence-electron chi connectivity index (χ0n) is 19.8. The second-order valence-electron chi connectivity index (χ2n) is 8.82. The summed E-state index contributed by atoms with van der Waals surface area (Å²) in [7, 11) is 0. The van der Waals surface area contributed by atoms with Crippen molar-refractivity contribution < 1.29 is 14.0 Å². The standard InChI is InChI=1S/C27H34ClFN2O2S/c1-2-25(27(33)30-23-7-4-3-5-8-23)31(19-20-10-14-22(29)15-11-20)26(32)9-6-18-34-24-16-12-21(28)13-17-24/h10-17,23,25H,2-9,18-19H2,1H3,(H,30,33). The van der Waals surface area contributed by atoms with Crippen LogP contribution in [0.25, 0.3) is 0 Å². The Labute approximate surface area is 211 Å². The summed E-state index contributed by atoms with van der Waals surface area (Å²) in [4.78, 5) is 29.3. The smallest absolute Gasteiger partial charge is 0.243 e. The van der Waals surface area contributed by atoms with E-state index in [1.165, 1.54) is 18.6 Å². The quantitative estimate of drug-likeness (QED) is 0.277. The molecule has 7 heteroatoms. The second-order valence-corrected chi connectivity index (χ2v) is 10.4. The Hall–Kier alpha value is -2.05. The van der Waals surface area contributed by atoms with E-state index in [2.05, 4.69) is 5.32 Å². The van der Waals surface area contributed by atoms with Gasteiger partial charge in [0.25, 0.3) is 0 Å². The lowest BCUT2D eigenvalue weighted by Crippen LogP contribution is -2.51. The fourth-order valence-electron chi connectivity index (χ4n) is 4.34. The lowest BCUT2D eigenvalue weighted by molar-refractivity contribution is -0.141. The van der Waals surface area contributed by atoms with Crippen LogP contribution in [0.15, 0.2) is 53.4 Å². The van der Waals surface area contributed by atoms with E-state index in [1.807, 2.05) is 31.2 Å². The van der Waals surface area contributed by atoms with Gasteiger partial charge in [0.15, 0.2) is 0 Å². The van der Waals surface area contributed by atoms with Gasteiger partial charge in [-0.1, -0.05) is 49.9 Å². The van der Waals surface area contributed by atoms with Crippen molar-refractivity contribution in [3.05, 3.63) is 64.9 Å². The van der Waals surface area contributed by atoms with E-state index < -0.39 is 6.04 Å². The molecule has 0 aromatic heterocycles. The molecule has 1 N–H and O–H groups in total. The largest absolute Gasteiger partial charge is 0.352 e. The first-order valence-electron chi connectivity index (χ1n) is 12.2. The number of carbonyl (C=O) groups is 2. The van der Waals surface area contributed by atoms with Crippen LogP contribution in [0.3, 0.4) is 0 Å². The first-order chi connectivity index (χ1) is 16.5. The Morgan fingerprint density at radius 2 is 1.76 bits per heavy atom. The molecular formula is C27H34ClFN2O2S. The number of nitrogens with zero attached hydrogens (tertiary/aromatic N) is 1. The third-order valence-electron chi connectivity index (χ3n) is 6.22. The summed E-state index contributed by atoms with van der Waals surface area (Å²) in [6, 6.07) is 13.4. The van der Waals surface area contributed by atoms with Gasteiger partial charge in [0.2, 0.25) is 11.8 Å². The number of carbonyl (C=O) groups excluding carboxylic acids is 2. The summed E-state index contributed by atoms with van der Waals surface area (Å²) < 4.78 is 13.4. The molecule has 1 aliphatic rings. The first kappa shape index (κ1) is 26.6. The molecule has 2 aromatic rings. The van der Waals surface area contributed by atoms with Crippen molar-refractivity contribution in [3.8, 4) is 0 Å². The summed E-state index contributed by atoms with van der Waals surface area (Å²) in [5.41, 5.74) is 0.814. The molecule has 1 fully saturated rings. The van der Waals surface area contributed by atoms with Crippen molar-refractivity contribution >= 4 is 35.2 Å². The van der Waals surface area contributed by atoms with E-state index in [9.17, 15) is 14.0 Å². The number of halogens is 2. The van der Waals surface area contributed by atoms with Crippen LogP contribution < -0.4 is 5.32 Å². The molecule has 0 spiro atoms. The number of rotatable bonds is 11. The van der Waals surface area contributed by atoms with Crippen LogP contribution in [-0.4, -0.2) is 34.6 Å². The molecule has 1 saturated carbocycles. The van der Waals surface area contributed by atoms with Gasteiger partial charge in [-0.3, -0.25) is 9.59 Å². The predicted molar refractivity (Wildman–Crippen MR) is 137 cm³/mol. The van der Waals surface area contributed by atoms with Crippen molar-refractivity contribution in [2.45, 2.75) is 81.8 Å². The second kappa shape index (κ2) is 13.7. The van der Waals surface area contributed by atoms with Crippen molar-refractivity contribution in [2.24, 2.45) is 0 Å². The minimum absolute atomic E-state index is 0.0494. The average molecular weight is 505 g/mol. The molecule has 1 unspecified atom stereocenters. The minimum Gasteiger partial charge on any atom is -0.352 e. The molecule has 2 aromatic carbocycles. The molecule has 2 amide bonds. The number of nitrogens with one attached hydrogen (secondary N) is 1. The maximum atomic E-state index is 13.4. The van der Waals surface area contributed by atoms with Gasteiger partial charge in [-0.2, -0.15) is 0 Å². The van der Waals surface area contributed by atoms with Gasteiger partial charge in [0, 0.05) is 28.9 Å². The van der Waals surface area contributed by atoms with Gasteiger partial charge < -0.3 is 10.2 Å². The van der Waals surface area contributed by atoms with Gasteiger partial charge in [-0.15, -0.1) is 11.8 Å². The number of benzene rings is 2. The van der Waals surface area contributed by atoms with Crippen LogP contribution in [-0.2, 0) is 16.1 Å². The van der Waals surface area contributed by atoms with Crippen LogP contribution in [0.4, 0.5) is 4.39 Å². The van der Waals surface area contributed by atoms with E-state index in [0.29, 0.717) is 30.8 Å². The Kier molecular flexibility index (Phi) is 10.7. The number of hydrogen-bond donors (Lipinski definition) is 1. The van der Waals surface area contributed by atoms with Gasteiger partial charge >= 0.3 is 0 Å². The van der Waals surface area contributed by atoms with E-state index in [1.54, 1.807) is 28.8 Å². The van der Waals surface area contributed by atoms with Crippen molar-refractivity contribution in [1.82, 2.24) is 10.2 Å². The van der Waals surface area contributed by atoms with Crippen LogP contribution in [0.1, 0.15) is 63.9 Å². The zero-order chi connectivity index (χ0) is 24.3. The maximum Gasteiger partial charge on any atom is 0.243 e. The van der Waals surface area contributed by atoms with Crippen molar-refractivity contribution in [2.75, 3.05) is 5.75 Å². The fourth-order valence-corrected chi connectivity index (χ4v) is 5.32. The highest BCUT2D eigenvalue weighted by Gasteiger charge is 2.30. The van der Waals surface area contributed by atoms with Gasteiger partial charge in [-0.05, 0) is 73.4 Å². The Balaban J connectivity index is 1.63. The molecule has 1 aliphatic carbocycles. The van der Waals surface area contributed by atoms with E-state index in [0.717, 1.165) is 41.9 Å². The van der Waals surface area contributed by atoms with E-state index >= 15 is 0 Å². The highest BCUT2D eigenvalue weighted by Crippen LogP contribution is 2.23. The van der Waals surface area contributed by atoms with Crippen LogP contribution >= 0.6 is 23.4 Å². The third kappa shape index (κ3) is 8.31. The molecule has 3 rings (SSSR count). The lowest BCUT2D eigenvalue weighted by Gasteiger charge is -2.33. The molecular weight excluding hydrogens is 471 g/mol. The first-order valence-corrected chi connectivity index (χ1v) is 13.5. The summed E-state index contributed by atoms with van der Waals surface area (Å²) in [6.45, 7) is 2.23. The van der Waals surface area contributed by atoms with Gasteiger partial charge in [0.1, 0.15) is 11.9 Å². The fraction of sp³-hybridized carbons (Fsp3) is 0.481. The number of amides is 2. The predicted octanol–water partition coefficient (Wildman–Crippen LogP) is 6.61. The molecule has 1 atom stereocenters. The van der Waals surface area contributed by atoms with Crippen LogP contribution in [0.2, 0.25) is 5.02 Å². The normalized spacial score (nSPS) is 15.0. The molecule has 0 bridgehead atoms. The third-order valence-corrected chi connectivity index (χ3v) is 7.57. The highest BCUT2D eigenvalue weighted by atomic mass is 35.5. The summed E-state index contributed by atoms with van der Waals surface area (Å²) >= 11 is 7.62. The summed E-state index contributed by atoms with van der Waals surface area (Å²) in [5, 5.41) is 3.89. The molecule has 0 saturated heterocycles. The Bertz CT molecular complexity index is 917. The topological polar surface area (TPSA) is 49.4 Å². The van der Waals surface area contributed by atoms with Crippen LogP contribution in [0, 0.1) is 5.82 Å². The van der Waals surface area contributed by atoms with Crippen molar-refractivity contribution in [1.29, 1.82) is 0 Å². The lowest BCUT2D eigenvalue weighted by atomic mass is 9.95. The maximum absolute atomic E-state index is 13.4. The molecule has 184 valence electrons. The number of thioether (sulfide) groups is 1. The molecule has 0 aliphatic heterocycles. The minimum atomic E-state index is -0.539. The molecule has 4 nitrogen and oxygen atoms in total. The monoisotopic (exact) mass is 504 g/mol. The van der Waals surface area contributed by atoms with Gasteiger partial charge in [-0.25, -0.2) is 4.39 Å². The highest BCUT2D eigenvalue weighted by molar-refractivity contribution is 7.99. The summed E-state index contributed by atoms with van der Waals surface area (Å²) in [6.07, 6.45) is 7.06. The molecule has 34 heavy (non-hydrogen) atoms. The molecule has 0 radical (unpaired) electrons. The van der Waals surface area contributed by atoms with Crippen molar-refractivity contribution in [3.63, 3.8) is 0 Å². The summed E-state index contributed by atoms with van der Waals surface area (Å²) in [5.74, 6) is 0.345. The zero-order valence-corrected chi connectivity index (χ0v) is 21.3. The van der Waals surface area contributed by atoms with E-state index in [-0.39, 0.29) is 23.7 Å². The average Bonchev–Trinajstić information content (AvgIpc) is 2.84. The van der Waals surface area contributed by atoms with E-state index in [4.69, 9.17) is 11.6 Å². The van der Waals surface area contributed by atoms with Crippen LogP contribution in [0.5, 0.6) is 0 Å². The Morgan fingerprint density at radius 1 is 1.09 bits per heavy atom. The SMILES string of the molecule is CCC(C(=O)NC1CCCCC1)N(Cc1ccc(F)cc1)C(=O)CCCSc1ccc(Cl)cc1. The molecule has 0 heterocycles. The van der Waals surface area contributed by atoms with Gasteiger partial charge in [0.05, 0.1) is 0 Å². The number of hydrogen-bond acceptors (Lipinski definition) is 3.